The lowest BCUT2D eigenvalue weighted by atomic mass is 10.1. The summed E-state index contributed by atoms with van der Waals surface area (Å²) in [7, 11) is 0. The van der Waals surface area contributed by atoms with Crippen LogP contribution in [0, 0.1) is 18.3 Å². The summed E-state index contributed by atoms with van der Waals surface area (Å²) in [5.74, 6) is 0.487. The van der Waals surface area contributed by atoms with Crippen molar-refractivity contribution < 1.29 is 4.79 Å². The number of hydrogen-bond acceptors (Lipinski definition) is 5. The molecule has 0 saturated carbocycles. The van der Waals surface area contributed by atoms with Crippen molar-refractivity contribution in [1.29, 1.82) is 5.26 Å². The van der Waals surface area contributed by atoms with Crippen molar-refractivity contribution in [3.63, 3.8) is 0 Å². The van der Waals surface area contributed by atoms with Crippen molar-refractivity contribution in [3.8, 4) is 6.07 Å². The Labute approximate surface area is 145 Å². The number of nitrogens with zero attached hydrogens (tertiary/aromatic N) is 4. The molecule has 2 heterocycles. The molecule has 4 rings (SSSR count). The standard InChI is InChI=1S/C20H16N4O/c1-12-7-16(13(2)25)19-17(8-12)22-18(9-21)20(23-19)24-10-14-5-3-4-6-15(14)11-24/h3-8H,10-11H2,1-2H3. The van der Waals surface area contributed by atoms with Crippen LogP contribution in [0.3, 0.4) is 0 Å². The van der Waals surface area contributed by atoms with Crippen LogP contribution >= 0.6 is 0 Å². The van der Waals surface area contributed by atoms with E-state index in [1.54, 1.807) is 0 Å². The number of hydrogen-bond donors (Lipinski definition) is 0. The van der Waals surface area contributed by atoms with E-state index in [0.717, 1.165) is 5.56 Å². The number of Topliss-reactive ketones (excluding diaryl/α,β-unsaturated/α-hetero) is 1. The van der Waals surface area contributed by atoms with Gasteiger partial charge in [-0.3, -0.25) is 4.79 Å². The van der Waals surface area contributed by atoms with E-state index in [4.69, 9.17) is 4.98 Å². The summed E-state index contributed by atoms with van der Waals surface area (Å²) >= 11 is 0. The molecule has 0 fully saturated rings. The number of rotatable bonds is 2. The Balaban J connectivity index is 1.90. The maximum absolute atomic E-state index is 12.0. The lowest BCUT2D eigenvalue weighted by Gasteiger charge is -2.18. The smallest absolute Gasteiger partial charge is 0.183 e. The molecule has 0 amide bonds. The number of nitriles is 1. The number of carbonyl (C=O) groups is 1. The fourth-order valence-corrected chi connectivity index (χ4v) is 3.34. The Kier molecular flexibility index (Phi) is 3.47. The molecule has 0 spiro atoms. The van der Waals surface area contributed by atoms with Crippen LogP contribution in [0.1, 0.15) is 39.7 Å². The second-order valence-corrected chi connectivity index (χ2v) is 6.37. The van der Waals surface area contributed by atoms with Gasteiger partial charge in [0.15, 0.2) is 17.3 Å². The lowest BCUT2D eigenvalue weighted by molar-refractivity contribution is 0.101. The normalized spacial score (nSPS) is 12.9. The molecular weight excluding hydrogens is 312 g/mol. The molecule has 5 nitrogen and oxygen atoms in total. The number of fused-ring (bicyclic) bond motifs is 2. The van der Waals surface area contributed by atoms with Gasteiger partial charge in [0, 0.05) is 18.7 Å². The summed E-state index contributed by atoms with van der Waals surface area (Å²) in [6.45, 7) is 4.81. The molecule has 1 aliphatic rings. The van der Waals surface area contributed by atoms with Crippen molar-refractivity contribution in [1.82, 2.24) is 9.97 Å². The highest BCUT2D eigenvalue weighted by Crippen LogP contribution is 2.30. The summed E-state index contributed by atoms with van der Waals surface area (Å²) in [6, 6.07) is 14.0. The van der Waals surface area contributed by atoms with Gasteiger partial charge in [0.2, 0.25) is 0 Å². The SMILES string of the molecule is CC(=O)c1cc(C)cc2nc(C#N)c(N3Cc4ccccc4C3)nc12. The Morgan fingerprint density at radius 2 is 1.84 bits per heavy atom. The number of ketones is 1. The van der Waals surface area contributed by atoms with Crippen LogP contribution in [0.5, 0.6) is 0 Å². The predicted molar refractivity (Wildman–Crippen MR) is 95.3 cm³/mol. The summed E-state index contributed by atoms with van der Waals surface area (Å²) in [5.41, 5.74) is 5.36. The Morgan fingerprint density at radius 3 is 2.44 bits per heavy atom. The predicted octanol–water partition coefficient (Wildman–Crippen LogP) is 3.53. The van der Waals surface area contributed by atoms with Crippen LogP contribution in [-0.4, -0.2) is 15.8 Å². The summed E-state index contributed by atoms with van der Waals surface area (Å²) in [4.78, 5) is 23.3. The lowest BCUT2D eigenvalue weighted by Crippen LogP contribution is -2.18. The zero-order valence-corrected chi connectivity index (χ0v) is 14.1. The number of anilines is 1. The molecule has 0 atom stereocenters. The summed E-state index contributed by atoms with van der Waals surface area (Å²) in [5, 5.41) is 9.56. The molecule has 3 aromatic rings. The van der Waals surface area contributed by atoms with E-state index < -0.39 is 0 Å². The van der Waals surface area contributed by atoms with Gasteiger partial charge in [0.05, 0.1) is 5.52 Å². The summed E-state index contributed by atoms with van der Waals surface area (Å²) < 4.78 is 0. The van der Waals surface area contributed by atoms with Crippen molar-refractivity contribution in [3.05, 3.63) is 64.3 Å². The van der Waals surface area contributed by atoms with Crippen LogP contribution in [0.15, 0.2) is 36.4 Å². The Bertz CT molecular complexity index is 1040. The Hall–Kier alpha value is -3.26. The van der Waals surface area contributed by atoms with Gasteiger partial charge < -0.3 is 4.90 Å². The van der Waals surface area contributed by atoms with E-state index in [-0.39, 0.29) is 5.78 Å². The van der Waals surface area contributed by atoms with Gasteiger partial charge in [-0.2, -0.15) is 5.26 Å². The minimum absolute atomic E-state index is 0.0524. The molecule has 0 unspecified atom stereocenters. The number of aromatic nitrogens is 2. The van der Waals surface area contributed by atoms with E-state index in [9.17, 15) is 10.1 Å². The number of aryl methyl sites for hydroxylation is 1. The fraction of sp³-hybridized carbons (Fsp3) is 0.200. The average Bonchev–Trinajstić information content (AvgIpc) is 3.03. The van der Waals surface area contributed by atoms with Gasteiger partial charge in [-0.15, -0.1) is 0 Å². The molecule has 0 saturated heterocycles. The first-order valence-corrected chi connectivity index (χ1v) is 8.12. The molecular formula is C20H16N4O. The molecule has 25 heavy (non-hydrogen) atoms. The van der Waals surface area contributed by atoms with Crippen molar-refractivity contribution >= 4 is 22.6 Å². The minimum Gasteiger partial charge on any atom is -0.346 e. The molecule has 1 aromatic heterocycles. The highest BCUT2D eigenvalue weighted by atomic mass is 16.1. The van der Waals surface area contributed by atoms with Gasteiger partial charge in [-0.1, -0.05) is 24.3 Å². The highest BCUT2D eigenvalue weighted by Gasteiger charge is 2.24. The molecule has 0 N–H and O–H groups in total. The van der Waals surface area contributed by atoms with Crippen molar-refractivity contribution in [2.45, 2.75) is 26.9 Å². The molecule has 5 heteroatoms. The number of benzene rings is 2. The molecule has 122 valence electrons. The zero-order valence-electron chi connectivity index (χ0n) is 14.1. The topological polar surface area (TPSA) is 69.9 Å². The quantitative estimate of drug-likeness (QED) is 0.673. The largest absolute Gasteiger partial charge is 0.346 e. The van der Waals surface area contributed by atoms with Gasteiger partial charge in [-0.05, 0) is 42.7 Å². The maximum atomic E-state index is 12.0. The monoisotopic (exact) mass is 328 g/mol. The van der Waals surface area contributed by atoms with E-state index in [1.807, 2.05) is 36.1 Å². The van der Waals surface area contributed by atoms with Crippen LogP contribution in [0.4, 0.5) is 5.82 Å². The van der Waals surface area contributed by atoms with Crippen LogP contribution < -0.4 is 4.90 Å². The first-order chi connectivity index (χ1) is 12.1. The third kappa shape index (κ3) is 2.52. The Morgan fingerprint density at radius 1 is 1.16 bits per heavy atom. The van der Waals surface area contributed by atoms with E-state index in [1.165, 1.54) is 18.1 Å². The van der Waals surface area contributed by atoms with Crippen LogP contribution in [0.2, 0.25) is 0 Å². The first kappa shape index (κ1) is 15.3. The third-order valence-electron chi connectivity index (χ3n) is 4.52. The van der Waals surface area contributed by atoms with Crippen molar-refractivity contribution in [2.24, 2.45) is 0 Å². The van der Waals surface area contributed by atoms with Crippen LogP contribution in [-0.2, 0) is 13.1 Å². The van der Waals surface area contributed by atoms with E-state index in [2.05, 4.69) is 23.2 Å². The van der Waals surface area contributed by atoms with Gasteiger partial charge >= 0.3 is 0 Å². The maximum Gasteiger partial charge on any atom is 0.183 e. The first-order valence-electron chi connectivity index (χ1n) is 8.12. The molecule has 2 aromatic carbocycles. The third-order valence-corrected chi connectivity index (χ3v) is 4.52. The van der Waals surface area contributed by atoms with Gasteiger partial charge in [-0.25, -0.2) is 9.97 Å². The number of carbonyl (C=O) groups excluding carboxylic acids is 1. The van der Waals surface area contributed by atoms with E-state index in [0.29, 0.717) is 41.2 Å². The molecule has 1 aliphatic heterocycles. The fourth-order valence-electron chi connectivity index (χ4n) is 3.34. The van der Waals surface area contributed by atoms with Gasteiger partial charge in [0.25, 0.3) is 0 Å². The van der Waals surface area contributed by atoms with Gasteiger partial charge in [0.1, 0.15) is 11.6 Å². The second-order valence-electron chi connectivity index (χ2n) is 6.37. The minimum atomic E-state index is -0.0524. The van der Waals surface area contributed by atoms with Crippen LogP contribution in [0.25, 0.3) is 11.0 Å². The summed E-state index contributed by atoms with van der Waals surface area (Å²) in [6.07, 6.45) is 0. The highest BCUT2D eigenvalue weighted by molar-refractivity contribution is 6.05. The van der Waals surface area contributed by atoms with Crippen molar-refractivity contribution in [2.75, 3.05) is 4.90 Å². The molecule has 0 bridgehead atoms. The average molecular weight is 328 g/mol. The second kappa shape index (κ2) is 5.67. The van der Waals surface area contributed by atoms with E-state index >= 15 is 0 Å². The zero-order chi connectivity index (χ0) is 17.6. The molecule has 0 radical (unpaired) electrons. The molecule has 0 aliphatic carbocycles.